The zero-order valence-electron chi connectivity index (χ0n) is 11.4. The fraction of sp³-hybridized carbons (Fsp3) is 0.500. The highest BCUT2D eigenvalue weighted by atomic mass is 35.5. The molecule has 1 aromatic rings. The van der Waals surface area contributed by atoms with Crippen LogP contribution in [-0.2, 0) is 6.42 Å². The molecule has 1 heterocycles. The zero-order valence-corrected chi connectivity index (χ0v) is 12.3. The lowest BCUT2D eigenvalue weighted by molar-refractivity contribution is -0.134. The Morgan fingerprint density at radius 3 is 2.24 bits per heavy atom. The Balaban J connectivity index is 0.00000220. The van der Waals surface area contributed by atoms with Crippen LogP contribution in [0.5, 0.6) is 0 Å². The lowest BCUT2D eigenvalue weighted by Gasteiger charge is -2.27. The Labute approximate surface area is 127 Å². The van der Waals surface area contributed by atoms with Gasteiger partial charge in [0.25, 0.3) is 5.91 Å². The smallest absolute Gasteiger partial charge is 0.336 e. The first kappa shape index (κ1) is 17.8. The Morgan fingerprint density at radius 1 is 1.14 bits per heavy atom. The van der Waals surface area contributed by atoms with Crippen molar-refractivity contribution >= 4 is 18.3 Å². The van der Waals surface area contributed by atoms with Crippen LogP contribution < -0.4 is 5.32 Å². The van der Waals surface area contributed by atoms with E-state index in [1.165, 1.54) is 0 Å². The number of benzene rings is 1. The van der Waals surface area contributed by atoms with Crippen LogP contribution in [-0.4, -0.2) is 43.2 Å². The summed E-state index contributed by atoms with van der Waals surface area (Å²) in [4.78, 5) is 13.9. The molecular weight excluding hydrogens is 305 g/mol. The Bertz CT molecular complexity index is 456. The standard InChI is InChI=1S/C14H17F3N2O.ClH/c15-14(16,17)6-5-11-1-3-12(4-2-11)13(20)19-9-7-18-8-10-19;/h1-4,18H,5-10H2;1H. The van der Waals surface area contributed by atoms with Gasteiger partial charge in [-0.25, -0.2) is 0 Å². The molecule has 2 rings (SSSR count). The summed E-state index contributed by atoms with van der Waals surface area (Å²) in [6, 6.07) is 6.41. The average molecular weight is 323 g/mol. The molecular formula is C14H18ClF3N2O. The van der Waals surface area contributed by atoms with Gasteiger partial charge in [0.05, 0.1) is 0 Å². The zero-order chi connectivity index (χ0) is 14.6. The van der Waals surface area contributed by atoms with Crippen LogP contribution in [0, 0.1) is 0 Å². The van der Waals surface area contributed by atoms with Gasteiger partial charge < -0.3 is 10.2 Å². The number of alkyl halides is 3. The largest absolute Gasteiger partial charge is 0.389 e. The number of nitrogens with zero attached hydrogens (tertiary/aromatic N) is 1. The molecule has 7 heteroatoms. The van der Waals surface area contributed by atoms with E-state index in [4.69, 9.17) is 0 Å². The highest BCUT2D eigenvalue weighted by Crippen LogP contribution is 2.22. The quantitative estimate of drug-likeness (QED) is 0.928. The molecule has 0 saturated carbocycles. The number of aryl methyl sites for hydroxylation is 1. The number of carbonyl (C=O) groups is 1. The first-order chi connectivity index (χ1) is 9.46. The molecule has 1 N–H and O–H groups in total. The van der Waals surface area contributed by atoms with Crippen molar-refractivity contribution in [3.05, 3.63) is 35.4 Å². The summed E-state index contributed by atoms with van der Waals surface area (Å²) in [5.74, 6) is -0.0612. The summed E-state index contributed by atoms with van der Waals surface area (Å²) >= 11 is 0. The number of hydrogen-bond acceptors (Lipinski definition) is 2. The summed E-state index contributed by atoms with van der Waals surface area (Å²) in [5.41, 5.74) is 1.13. The molecule has 21 heavy (non-hydrogen) atoms. The molecule has 0 spiro atoms. The van der Waals surface area contributed by atoms with E-state index in [2.05, 4.69) is 5.32 Å². The van der Waals surface area contributed by atoms with Gasteiger partial charge in [-0.3, -0.25) is 4.79 Å². The third-order valence-electron chi connectivity index (χ3n) is 3.30. The number of halogens is 4. The second-order valence-corrected chi connectivity index (χ2v) is 4.85. The van der Waals surface area contributed by atoms with Gasteiger partial charge in [-0.1, -0.05) is 12.1 Å². The molecule has 0 unspecified atom stereocenters. The fourth-order valence-corrected chi connectivity index (χ4v) is 2.15. The Morgan fingerprint density at radius 2 is 1.71 bits per heavy atom. The van der Waals surface area contributed by atoms with Crippen molar-refractivity contribution in [1.82, 2.24) is 10.2 Å². The maximum Gasteiger partial charge on any atom is 0.389 e. The number of amides is 1. The van der Waals surface area contributed by atoms with Gasteiger partial charge in [0, 0.05) is 38.2 Å². The molecule has 1 aliphatic rings. The Kier molecular flexibility index (Phi) is 6.48. The van der Waals surface area contributed by atoms with E-state index in [1.807, 2.05) is 0 Å². The van der Waals surface area contributed by atoms with Crippen molar-refractivity contribution in [2.75, 3.05) is 26.2 Å². The topological polar surface area (TPSA) is 32.3 Å². The molecule has 0 aliphatic carbocycles. The van der Waals surface area contributed by atoms with E-state index in [9.17, 15) is 18.0 Å². The van der Waals surface area contributed by atoms with E-state index in [1.54, 1.807) is 29.2 Å². The monoisotopic (exact) mass is 322 g/mol. The minimum absolute atomic E-state index is 0. The van der Waals surface area contributed by atoms with E-state index in [-0.39, 0.29) is 24.7 Å². The summed E-state index contributed by atoms with van der Waals surface area (Å²) in [7, 11) is 0. The molecule has 0 aromatic heterocycles. The number of hydrogen-bond donors (Lipinski definition) is 1. The van der Waals surface area contributed by atoms with Crippen LogP contribution in [0.3, 0.4) is 0 Å². The summed E-state index contributed by atoms with van der Waals surface area (Å²) in [6.07, 6.45) is -5.03. The molecule has 118 valence electrons. The lowest BCUT2D eigenvalue weighted by Crippen LogP contribution is -2.46. The molecule has 0 radical (unpaired) electrons. The van der Waals surface area contributed by atoms with Crippen molar-refractivity contribution < 1.29 is 18.0 Å². The first-order valence-corrected chi connectivity index (χ1v) is 6.61. The number of carbonyl (C=O) groups excluding carboxylic acids is 1. The normalized spacial score (nSPS) is 15.5. The minimum Gasteiger partial charge on any atom is -0.336 e. The maximum absolute atomic E-state index is 12.1. The molecule has 1 aliphatic heterocycles. The number of rotatable bonds is 3. The molecule has 1 amide bonds. The molecule has 0 bridgehead atoms. The molecule has 3 nitrogen and oxygen atoms in total. The van der Waals surface area contributed by atoms with E-state index in [0.717, 1.165) is 13.1 Å². The summed E-state index contributed by atoms with van der Waals surface area (Å²) in [6.45, 7) is 2.87. The van der Waals surface area contributed by atoms with Crippen molar-refractivity contribution in [2.45, 2.75) is 19.0 Å². The Hall–Kier alpha value is -1.27. The lowest BCUT2D eigenvalue weighted by atomic mass is 10.1. The minimum atomic E-state index is -4.14. The summed E-state index contributed by atoms with van der Waals surface area (Å²) < 4.78 is 36.4. The van der Waals surface area contributed by atoms with Crippen LogP contribution in [0.1, 0.15) is 22.3 Å². The van der Waals surface area contributed by atoms with E-state index < -0.39 is 12.6 Å². The second kappa shape index (κ2) is 7.66. The average Bonchev–Trinajstić information content (AvgIpc) is 2.45. The third-order valence-corrected chi connectivity index (χ3v) is 3.30. The van der Waals surface area contributed by atoms with Crippen molar-refractivity contribution in [1.29, 1.82) is 0 Å². The van der Waals surface area contributed by atoms with Crippen molar-refractivity contribution in [3.8, 4) is 0 Å². The van der Waals surface area contributed by atoms with E-state index >= 15 is 0 Å². The fourth-order valence-electron chi connectivity index (χ4n) is 2.15. The van der Waals surface area contributed by atoms with Crippen molar-refractivity contribution in [2.24, 2.45) is 0 Å². The molecule has 1 fully saturated rings. The van der Waals surface area contributed by atoms with Gasteiger partial charge in [-0.2, -0.15) is 13.2 Å². The predicted molar refractivity (Wildman–Crippen MR) is 76.8 cm³/mol. The summed E-state index contributed by atoms with van der Waals surface area (Å²) in [5, 5.41) is 3.16. The molecule has 0 atom stereocenters. The highest BCUT2D eigenvalue weighted by molar-refractivity contribution is 5.94. The second-order valence-electron chi connectivity index (χ2n) is 4.85. The van der Waals surface area contributed by atoms with Gasteiger partial charge in [-0.15, -0.1) is 12.4 Å². The molecule has 1 aromatic carbocycles. The van der Waals surface area contributed by atoms with Gasteiger partial charge in [0.1, 0.15) is 0 Å². The van der Waals surface area contributed by atoms with Crippen molar-refractivity contribution in [3.63, 3.8) is 0 Å². The van der Waals surface area contributed by atoms with Gasteiger partial charge >= 0.3 is 6.18 Å². The third kappa shape index (κ3) is 5.55. The van der Waals surface area contributed by atoms with E-state index in [0.29, 0.717) is 24.2 Å². The van der Waals surface area contributed by atoms with Gasteiger partial charge in [0.2, 0.25) is 0 Å². The van der Waals surface area contributed by atoms with Crippen LogP contribution in [0.15, 0.2) is 24.3 Å². The van der Waals surface area contributed by atoms with Gasteiger partial charge in [-0.05, 0) is 24.1 Å². The first-order valence-electron chi connectivity index (χ1n) is 6.61. The maximum atomic E-state index is 12.1. The van der Waals surface area contributed by atoms with Crippen LogP contribution in [0.2, 0.25) is 0 Å². The SMILES string of the molecule is Cl.O=C(c1ccc(CCC(F)(F)F)cc1)N1CCNCC1. The van der Waals surface area contributed by atoms with Gasteiger partial charge in [0.15, 0.2) is 0 Å². The highest BCUT2D eigenvalue weighted by Gasteiger charge is 2.26. The van der Waals surface area contributed by atoms with Crippen LogP contribution in [0.4, 0.5) is 13.2 Å². The number of nitrogens with one attached hydrogen (secondary N) is 1. The number of piperazine rings is 1. The molecule has 1 saturated heterocycles. The van der Waals surface area contributed by atoms with Crippen LogP contribution in [0.25, 0.3) is 0 Å². The predicted octanol–water partition coefficient (Wildman–Crippen LogP) is 2.65. The van der Waals surface area contributed by atoms with Crippen LogP contribution >= 0.6 is 12.4 Å².